The third-order valence-electron chi connectivity index (χ3n) is 4.85. The van der Waals surface area contributed by atoms with Gasteiger partial charge in [-0.25, -0.2) is 9.18 Å². The van der Waals surface area contributed by atoms with Gasteiger partial charge in [-0.3, -0.25) is 4.79 Å². The number of rotatable bonds is 5. The lowest BCUT2D eigenvalue weighted by Gasteiger charge is -2.35. The number of carbonyl (C=O) groups excluding carboxylic acids is 2. The molecule has 0 fully saturated rings. The van der Waals surface area contributed by atoms with Crippen molar-refractivity contribution in [3.63, 3.8) is 0 Å². The summed E-state index contributed by atoms with van der Waals surface area (Å²) < 4.78 is 19.1. The van der Waals surface area contributed by atoms with E-state index in [1.807, 2.05) is 6.07 Å². The maximum absolute atomic E-state index is 13.9. The fourth-order valence-corrected chi connectivity index (χ4v) is 3.45. The molecule has 1 amide bonds. The molecule has 0 aromatic heterocycles. The summed E-state index contributed by atoms with van der Waals surface area (Å²) in [5.74, 6) is -1.60. The third-order valence-corrected chi connectivity index (χ3v) is 5.24. The Morgan fingerprint density at radius 2 is 1.97 bits per heavy atom. The summed E-state index contributed by atoms with van der Waals surface area (Å²) in [6.07, 6.45) is 0. The first-order chi connectivity index (χ1) is 14.3. The van der Waals surface area contributed by atoms with Crippen LogP contribution in [-0.2, 0) is 9.53 Å². The van der Waals surface area contributed by atoms with E-state index >= 15 is 0 Å². The van der Waals surface area contributed by atoms with Crippen LogP contribution in [0.5, 0.6) is 0 Å². The molecule has 30 heavy (non-hydrogen) atoms. The van der Waals surface area contributed by atoms with E-state index in [1.165, 1.54) is 18.2 Å². The summed E-state index contributed by atoms with van der Waals surface area (Å²) >= 11 is 5.38. The molecule has 1 unspecified atom stereocenters. The fourth-order valence-electron chi connectivity index (χ4n) is 3.20. The largest absolute Gasteiger partial charge is 0.463 e. The van der Waals surface area contributed by atoms with E-state index in [2.05, 4.69) is 10.6 Å². The molecule has 156 valence electrons. The highest BCUT2D eigenvalue weighted by Gasteiger charge is 2.33. The summed E-state index contributed by atoms with van der Waals surface area (Å²) in [7, 11) is 1.77. The van der Waals surface area contributed by atoms with Crippen LogP contribution < -0.4 is 10.6 Å². The first-order valence-electron chi connectivity index (χ1n) is 9.41. The molecule has 0 bridgehead atoms. The molecule has 1 aliphatic rings. The predicted molar refractivity (Wildman–Crippen MR) is 116 cm³/mol. The van der Waals surface area contributed by atoms with Crippen LogP contribution in [0.1, 0.15) is 35.8 Å². The number of hydrogen-bond donors (Lipinski definition) is 2. The molecule has 0 aliphatic carbocycles. The molecule has 1 heterocycles. The Morgan fingerprint density at radius 1 is 1.23 bits per heavy atom. The Hall–Kier alpha value is -3.26. The topological polar surface area (TPSA) is 70.7 Å². The molecule has 0 radical (unpaired) electrons. The van der Waals surface area contributed by atoms with E-state index < -0.39 is 23.7 Å². The summed E-state index contributed by atoms with van der Waals surface area (Å²) in [6.45, 7) is 3.79. The Morgan fingerprint density at radius 3 is 2.67 bits per heavy atom. The fraction of sp³-hybridized carbons (Fsp3) is 0.227. The molecule has 6 nitrogen and oxygen atoms in total. The maximum atomic E-state index is 13.9. The van der Waals surface area contributed by atoms with Crippen molar-refractivity contribution in [2.45, 2.75) is 19.9 Å². The number of halogens is 1. The monoisotopic (exact) mass is 427 g/mol. The summed E-state index contributed by atoms with van der Waals surface area (Å²) in [5, 5.41) is 6.31. The first-order valence-corrected chi connectivity index (χ1v) is 9.82. The van der Waals surface area contributed by atoms with Gasteiger partial charge < -0.3 is 20.3 Å². The number of anilines is 1. The van der Waals surface area contributed by atoms with E-state index in [9.17, 15) is 14.0 Å². The van der Waals surface area contributed by atoms with Gasteiger partial charge in [0.05, 0.1) is 23.8 Å². The highest BCUT2D eigenvalue weighted by molar-refractivity contribution is 7.80. The summed E-state index contributed by atoms with van der Waals surface area (Å²) in [5.41, 5.74) is 2.24. The number of nitrogens with one attached hydrogen (secondary N) is 2. The van der Waals surface area contributed by atoms with E-state index in [0.717, 1.165) is 0 Å². The molecule has 0 saturated carbocycles. The lowest BCUT2D eigenvalue weighted by molar-refractivity contribution is -0.139. The first kappa shape index (κ1) is 21.4. The molecule has 1 atom stereocenters. The second-order valence-electron chi connectivity index (χ2n) is 6.72. The standard InChI is InChI=1S/C22H22FN3O3S/c1-4-29-21(28)18-13(2)26(3)22(30)25-19(18)14-8-7-9-15(12-14)24-20(27)16-10-5-6-11-17(16)23/h5-12,19H,4H2,1-3H3,(H,24,27)(H,25,30). The number of allylic oxidation sites excluding steroid dienone is 1. The Labute approximate surface area is 179 Å². The number of carbonyl (C=O) groups is 2. The van der Waals surface area contributed by atoms with Crippen LogP contribution in [0, 0.1) is 5.82 Å². The minimum absolute atomic E-state index is 0.0514. The lowest BCUT2D eigenvalue weighted by Crippen LogP contribution is -2.46. The number of nitrogens with zero attached hydrogens (tertiary/aromatic N) is 1. The van der Waals surface area contributed by atoms with Crippen molar-refractivity contribution in [1.82, 2.24) is 10.2 Å². The number of esters is 1. The number of amides is 1. The van der Waals surface area contributed by atoms with Crippen molar-refractivity contribution in [3.05, 3.63) is 76.7 Å². The zero-order valence-electron chi connectivity index (χ0n) is 16.9. The van der Waals surface area contributed by atoms with Crippen LogP contribution in [0.2, 0.25) is 0 Å². The van der Waals surface area contributed by atoms with Crippen LogP contribution >= 0.6 is 12.2 Å². The normalized spacial score (nSPS) is 16.2. The SMILES string of the molecule is CCOC(=O)C1=C(C)N(C)C(=S)NC1c1cccc(NC(=O)c2ccccc2F)c1. The number of thiocarbonyl (C=S) groups is 1. The Bertz CT molecular complexity index is 1040. The number of ether oxygens (including phenoxy) is 1. The third kappa shape index (κ3) is 4.33. The summed E-state index contributed by atoms with van der Waals surface area (Å²) in [6, 6.07) is 12.2. The van der Waals surface area contributed by atoms with Gasteiger partial charge in [0.25, 0.3) is 5.91 Å². The van der Waals surface area contributed by atoms with Gasteiger partial charge in [0.15, 0.2) is 5.11 Å². The number of benzene rings is 2. The van der Waals surface area contributed by atoms with Crippen molar-refractivity contribution in [2.24, 2.45) is 0 Å². The highest BCUT2D eigenvalue weighted by atomic mass is 32.1. The van der Waals surface area contributed by atoms with Crippen molar-refractivity contribution < 1.29 is 18.7 Å². The van der Waals surface area contributed by atoms with E-state index in [-0.39, 0.29) is 12.2 Å². The van der Waals surface area contributed by atoms with E-state index in [1.54, 1.807) is 50.1 Å². The van der Waals surface area contributed by atoms with Gasteiger partial charge in [0.1, 0.15) is 5.82 Å². The molecule has 0 spiro atoms. The van der Waals surface area contributed by atoms with Crippen molar-refractivity contribution in [2.75, 3.05) is 19.0 Å². The van der Waals surface area contributed by atoms with E-state index in [0.29, 0.717) is 27.6 Å². The Balaban J connectivity index is 1.93. The van der Waals surface area contributed by atoms with Crippen LogP contribution in [-0.4, -0.2) is 35.5 Å². The van der Waals surface area contributed by atoms with Gasteiger partial charge in [-0.1, -0.05) is 24.3 Å². The molecule has 1 aliphatic heterocycles. The molecule has 2 aromatic carbocycles. The van der Waals surface area contributed by atoms with Crippen molar-refractivity contribution in [3.8, 4) is 0 Å². The van der Waals surface area contributed by atoms with Gasteiger partial charge in [-0.05, 0) is 55.9 Å². The molecular formula is C22H22FN3O3S. The van der Waals surface area contributed by atoms with Crippen LogP contribution in [0.3, 0.4) is 0 Å². The maximum Gasteiger partial charge on any atom is 0.338 e. The number of hydrogen-bond acceptors (Lipinski definition) is 4. The molecule has 2 aromatic rings. The predicted octanol–water partition coefficient (Wildman–Crippen LogP) is 3.78. The Kier molecular flexibility index (Phi) is 6.47. The minimum Gasteiger partial charge on any atom is -0.463 e. The van der Waals surface area contributed by atoms with Gasteiger partial charge in [0.2, 0.25) is 0 Å². The van der Waals surface area contributed by atoms with Crippen LogP contribution in [0.15, 0.2) is 59.8 Å². The molecule has 3 rings (SSSR count). The molecular weight excluding hydrogens is 405 g/mol. The van der Waals surface area contributed by atoms with Crippen LogP contribution in [0.4, 0.5) is 10.1 Å². The van der Waals surface area contributed by atoms with Gasteiger partial charge >= 0.3 is 5.97 Å². The minimum atomic E-state index is -0.600. The molecule has 0 saturated heterocycles. The second-order valence-corrected chi connectivity index (χ2v) is 7.11. The van der Waals surface area contributed by atoms with E-state index in [4.69, 9.17) is 17.0 Å². The van der Waals surface area contributed by atoms with Gasteiger partial charge in [-0.2, -0.15) is 0 Å². The summed E-state index contributed by atoms with van der Waals surface area (Å²) in [4.78, 5) is 26.8. The van der Waals surface area contributed by atoms with Gasteiger partial charge in [0, 0.05) is 18.4 Å². The lowest BCUT2D eigenvalue weighted by atomic mass is 9.95. The second kappa shape index (κ2) is 9.04. The zero-order valence-corrected chi connectivity index (χ0v) is 17.7. The molecule has 8 heteroatoms. The average Bonchev–Trinajstić information content (AvgIpc) is 2.72. The van der Waals surface area contributed by atoms with Crippen molar-refractivity contribution >= 4 is 34.9 Å². The smallest absolute Gasteiger partial charge is 0.338 e. The highest BCUT2D eigenvalue weighted by Crippen LogP contribution is 2.32. The van der Waals surface area contributed by atoms with Crippen LogP contribution in [0.25, 0.3) is 0 Å². The van der Waals surface area contributed by atoms with Crippen molar-refractivity contribution in [1.29, 1.82) is 0 Å². The van der Waals surface area contributed by atoms with Gasteiger partial charge in [-0.15, -0.1) is 0 Å². The average molecular weight is 428 g/mol. The molecule has 2 N–H and O–H groups in total. The quantitative estimate of drug-likeness (QED) is 0.559. The zero-order chi connectivity index (χ0) is 21.8.